The molecule has 2 atom stereocenters. The standard InChI is InChI=1S/C14H24N4/c1-4-12-13(15-3)16-9-17-14(12)18-11-7-5-6-10(2)8-11/h9-11H,4-8H2,1-3H3,(H2,15,16,17,18). The van der Waals surface area contributed by atoms with Gasteiger partial charge >= 0.3 is 0 Å². The van der Waals surface area contributed by atoms with Crippen LogP contribution in [0.4, 0.5) is 11.6 Å². The number of hydrogen-bond acceptors (Lipinski definition) is 4. The van der Waals surface area contributed by atoms with E-state index in [4.69, 9.17) is 0 Å². The molecule has 0 amide bonds. The number of anilines is 2. The minimum Gasteiger partial charge on any atom is -0.373 e. The average molecular weight is 248 g/mol. The molecule has 0 aliphatic heterocycles. The molecule has 0 aromatic carbocycles. The average Bonchev–Trinajstić information content (AvgIpc) is 2.38. The molecule has 1 aromatic heterocycles. The van der Waals surface area contributed by atoms with E-state index < -0.39 is 0 Å². The topological polar surface area (TPSA) is 49.8 Å². The van der Waals surface area contributed by atoms with Gasteiger partial charge in [0.15, 0.2) is 0 Å². The summed E-state index contributed by atoms with van der Waals surface area (Å²) >= 11 is 0. The first kappa shape index (κ1) is 13.1. The Morgan fingerprint density at radius 2 is 2.06 bits per heavy atom. The largest absolute Gasteiger partial charge is 0.373 e. The van der Waals surface area contributed by atoms with Crippen molar-refractivity contribution in [1.82, 2.24) is 9.97 Å². The highest BCUT2D eigenvalue weighted by molar-refractivity contribution is 5.57. The van der Waals surface area contributed by atoms with Crippen LogP contribution in [0.3, 0.4) is 0 Å². The van der Waals surface area contributed by atoms with E-state index in [1.165, 1.54) is 31.2 Å². The zero-order chi connectivity index (χ0) is 13.0. The first-order valence-corrected chi connectivity index (χ1v) is 7.02. The van der Waals surface area contributed by atoms with E-state index >= 15 is 0 Å². The van der Waals surface area contributed by atoms with Crippen molar-refractivity contribution in [1.29, 1.82) is 0 Å². The Labute approximate surface area is 110 Å². The van der Waals surface area contributed by atoms with Gasteiger partial charge in [0, 0.05) is 18.7 Å². The van der Waals surface area contributed by atoms with E-state index in [9.17, 15) is 0 Å². The van der Waals surface area contributed by atoms with Crippen molar-refractivity contribution in [3.63, 3.8) is 0 Å². The van der Waals surface area contributed by atoms with Crippen LogP contribution < -0.4 is 10.6 Å². The van der Waals surface area contributed by atoms with Crippen LogP contribution in [0.5, 0.6) is 0 Å². The quantitative estimate of drug-likeness (QED) is 0.859. The van der Waals surface area contributed by atoms with Crippen molar-refractivity contribution in [3.05, 3.63) is 11.9 Å². The zero-order valence-electron chi connectivity index (χ0n) is 11.7. The van der Waals surface area contributed by atoms with E-state index in [0.717, 1.165) is 24.0 Å². The molecule has 1 saturated carbocycles. The second kappa shape index (κ2) is 6.03. The van der Waals surface area contributed by atoms with Gasteiger partial charge in [-0.1, -0.05) is 26.7 Å². The molecule has 0 bridgehead atoms. The van der Waals surface area contributed by atoms with Crippen LogP contribution in [-0.2, 0) is 6.42 Å². The lowest BCUT2D eigenvalue weighted by Crippen LogP contribution is -2.27. The van der Waals surface area contributed by atoms with Crippen LogP contribution in [0.1, 0.15) is 45.1 Å². The Kier molecular flexibility index (Phi) is 4.39. The van der Waals surface area contributed by atoms with Crippen molar-refractivity contribution < 1.29 is 0 Å². The smallest absolute Gasteiger partial charge is 0.134 e. The third-order valence-corrected chi connectivity index (χ3v) is 3.81. The van der Waals surface area contributed by atoms with E-state index in [-0.39, 0.29) is 0 Å². The number of aromatic nitrogens is 2. The van der Waals surface area contributed by atoms with E-state index in [0.29, 0.717) is 6.04 Å². The predicted octanol–water partition coefficient (Wildman–Crippen LogP) is 3.07. The second-order valence-corrected chi connectivity index (χ2v) is 5.27. The van der Waals surface area contributed by atoms with E-state index in [2.05, 4.69) is 34.4 Å². The first-order chi connectivity index (χ1) is 8.74. The zero-order valence-corrected chi connectivity index (χ0v) is 11.7. The molecular formula is C14H24N4. The van der Waals surface area contributed by atoms with Crippen molar-refractivity contribution in [2.75, 3.05) is 17.7 Å². The molecule has 2 unspecified atom stereocenters. The molecule has 1 heterocycles. The molecule has 1 aliphatic carbocycles. The normalized spacial score (nSPS) is 23.7. The van der Waals surface area contributed by atoms with Gasteiger partial charge in [0.2, 0.25) is 0 Å². The predicted molar refractivity (Wildman–Crippen MR) is 76.0 cm³/mol. The van der Waals surface area contributed by atoms with Crippen LogP contribution in [0, 0.1) is 5.92 Å². The van der Waals surface area contributed by atoms with Crippen LogP contribution in [0.2, 0.25) is 0 Å². The summed E-state index contributed by atoms with van der Waals surface area (Å²) in [4.78, 5) is 8.69. The van der Waals surface area contributed by atoms with Crippen molar-refractivity contribution in [2.45, 2.75) is 52.0 Å². The molecule has 4 nitrogen and oxygen atoms in total. The van der Waals surface area contributed by atoms with Crippen LogP contribution in [-0.4, -0.2) is 23.1 Å². The molecule has 2 N–H and O–H groups in total. The highest BCUT2D eigenvalue weighted by Gasteiger charge is 2.20. The summed E-state index contributed by atoms with van der Waals surface area (Å²) in [5.41, 5.74) is 1.19. The molecule has 1 fully saturated rings. The van der Waals surface area contributed by atoms with Crippen LogP contribution in [0.25, 0.3) is 0 Å². The molecule has 1 aromatic rings. The molecule has 0 spiro atoms. The van der Waals surface area contributed by atoms with Gasteiger partial charge in [0.05, 0.1) is 0 Å². The van der Waals surface area contributed by atoms with Gasteiger partial charge < -0.3 is 10.6 Å². The van der Waals surface area contributed by atoms with Gasteiger partial charge in [-0.3, -0.25) is 0 Å². The van der Waals surface area contributed by atoms with Gasteiger partial charge in [-0.2, -0.15) is 0 Å². The Morgan fingerprint density at radius 3 is 2.72 bits per heavy atom. The van der Waals surface area contributed by atoms with Gasteiger partial charge in [-0.05, 0) is 25.2 Å². The van der Waals surface area contributed by atoms with E-state index in [1.807, 2.05) is 7.05 Å². The monoisotopic (exact) mass is 248 g/mol. The molecule has 0 radical (unpaired) electrons. The highest BCUT2D eigenvalue weighted by Crippen LogP contribution is 2.28. The Hall–Kier alpha value is -1.32. The van der Waals surface area contributed by atoms with Gasteiger partial charge in [-0.25, -0.2) is 9.97 Å². The van der Waals surface area contributed by atoms with Gasteiger partial charge in [-0.15, -0.1) is 0 Å². The summed E-state index contributed by atoms with van der Waals surface area (Å²) in [5.74, 6) is 2.78. The van der Waals surface area contributed by atoms with Crippen molar-refractivity contribution in [3.8, 4) is 0 Å². The minimum absolute atomic E-state index is 0.568. The molecule has 1 aliphatic rings. The van der Waals surface area contributed by atoms with Crippen LogP contribution >= 0.6 is 0 Å². The molecule has 0 saturated heterocycles. The number of nitrogens with zero attached hydrogens (tertiary/aromatic N) is 2. The Bertz CT molecular complexity index is 391. The maximum Gasteiger partial charge on any atom is 0.134 e. The summed E-state index contributed by atoms with van der Waals surface area (Å²) in [6.07, 6.45) is 7.78. The molecular weight excluding hydrogens is 224 g/mol. The lowest BCUT2D eigenvalue weighted by molar-refractivity contribution is 0.358. The SMILES string of the molecule is CCc1c(NC)ncnc1NC1CCCC(C)C1. The fourth-order valence-corrected chi connectivity index (χ4v) is 2.85. The maximum atomic E-state index is 4.42. The Morgan fingerprint density at radius 1 is 1.28 bits per heavy atom. The van der Waals surface area contributed by atoms with Crippen molar-refractivity contribution in [2.24, 2.45) is 5.92 Å². The summed E-state index contributed by atoms with van der Waals surface area (Å²) in [5, 5.41) is 6.76. The fourth-order valence-electron chi connectivity index (χ4n) is 2.85. The third-order valence-electron chi connectivity index (χ3n) is 3.81. The van der Waals surface area contributed by atoms with E-state index in [1.54, 1.807) is 6.33 Å². The summed E-state index contributed by atoms with van der Waals surface area (Å²) in [6.45, 7) is 4.49. The number of rotatable bonds is 4. The van der Waals surface area contributed by atoms with Crippen LogP contribution in [0.15, 0.2) is 6.33 Å². The van der Waals surface area contributed by atoms with Gasteiger partial charge in [0.1, 0.15) is 18.0 Å². The molecule has 18 heavy (non-hydrogen) atoms. The van der Waals surface area contributed by atoms with Crippen molar-refractivity contribution >= 4 is 11.6 Å². The lowest BCUT2D eigenvalue weighted by Gasteiger charge is -2.28. The maximum absolute atomic E-state index is 4.42. The number of hydrogen-bond donors (Lipinski definition) is 2. The fraction of sp³-hybridized carbons (Fsp3) is 0.714. The minimum atomic E-state index is 0.568. The third kappa shape index (κ3) is 2.92. The lowest BCUT2D eigenvalue weighted by atomic mass is 9.87. The second-order valence-electron chi connectivity index (χ2n) is 5.27. The van der Waals surface area contributed by atoms with Gasteiger partial charge in [0.25, 0.3) is 0 Å². The Balaban J connectivity index is 2.12. The molecule has 100 valence electrons. The summed E-state index contributed by atoms with van der Waals surface area (Å²) in [7, 11) is 1.91. The highest BCUT2D eigenvalue weighted by atomic mass is 15.1. The molecule has 4 heteroatoms. The summed E-state index contributed by atoms with van der Waals surface area (Å²) in [6, 6.07) is 0.568. The first-order valence-electron chi connectivity index (χ1n) is 7.02. The number of nitrogens with one attached hydrogen (secondary N) is 2. The summed E-state index contributed by atoms with van der Waals surface area (Å²) < 4.78 is 0. The molecule has 2 rings (SSSR count).